The first-order chi connectivity index (χ1) is 20.4. The quantitative estimate of drug-likeness (QED) is 0.329. The van der Waals surface area contributed by atoms with Gasteiger partial charge in [0.05, 0.1) is 12.3 Å². The maximum Gasteiger partial charge on any atom is 0.332 e. The van der Waals surface area contributed by atoms with Crippen LogP contribution in [0.15, 0.2) is 51.8 Å². The average Bonchev–Trinajstić information content (AvgIpc) is 3.31. The summed E-state index contributed by atoms with van der Waals surface area (Å²) >= 11 is 0. The molecule has 45 heavy (non-hydrogen) atoms. The number of nitrogens with two attached hydrogens (primary N) is 1. The van der Waals surface area contributed by atoms with Crippen molar-refractivity contribution in [1.82, 2.24) is 9.13 Å². The second kappa shape index (κ2) is 11.4. The Labute approximate surface area is 268 Å². The Morgan fingerprint density at radius 1 is 0.978 bits per heavy atom. The third-order valence-electron chi connectivity index (χ3n) is 10.0. The summed E-state index contributed by atoms with van der Waals surface area (Å²) in [6.07, 6.45) is -2.07. The maximum absolute atomic E-state index is 14.0. The second-order valence-corrected chi connectivity index (χ2v) is 26.2. The molecular formula is C31H49N3O8SSi2. The van der Waals surface area contributed by atoms with Gasteiger partial charge >= 0.3 is 15.8 Å². The van der Waals surface area contributed by atoms with E-state index in [1.54, 1.807) is 37.3 Å². The van der Waals surface area contributed by atoms with Gasteiger partial charge in [-0.25, -0.2) is 8.98 Å². The number of ether oxygens (including phenoxy) is 1. The van der Waals surface area contributed by atoms with E-state index >= 15 is 0 Å². The molecule has 2 aliphatic heterocycles. The molecule has 0 bridgehead atoms. The van der Waals surface area contributed by atoms with Crippen LogP contribution in [0.25, 0.3) is 4.91 Å². The molecule has 0 amide bonds. The molecule has 2 N–H and O–H groups in total. The smallest absolute Gasteiger partial charge is 0.332 e. The van der Waals surface area contributed by atoms with Crippen molar-refractivity contribution in [2.45, 2.75) is 109 Å². The molecule has 0 saturated carbocycles. The molecule has 3 heterocycles. The lowest BCUT2D eigenvalue weighted by Gasteiger charge is -2.43. The number of benzene rings is 1. The third-order valence-corrected chi connectivity index (χ3v) is 20.5. The van der Waals surface area contributed by atoms with E-state index < -0.39 is 62.0 Å². The Bertz CT molecular complexity index is 1720. The summed E-state index contributed by atoms with van der Waals surface area (Å²) in [6, 6.07) is 8.53. The second-order valence-electron chi connectivity index (χ2n) is 15.2. The Hall–Kier alpha value is -2.34. The molecule has 0 unspecified atom stereocenters. The number of hydrogen-bond acceptors (Lipinski definition) is 9. The molecule has 1 fully saturated rings. The van der Waals surface area contributed by atoms with Gasteiger partial charge in [0, 0.05) is 18.8 Å². The van der Waals surface area contributed by atoms with Gasteiger partial charge in [-0.3, -0.25) is 13.9 Å². The minimum Gasteiger partial charge on any atom is -0.414 e. The van der Waals surface area contributed by atoms with E-state index in [2.05, 4.69) is 54.6 Å². The molecule has 0 radical (unpaired) electrons. The van der Waals surface area contributed by atoms with Crippen LogP contribution in [0.4, 0.5) is 0 Å². The van der Waals surface area contributed by atoms with E-state index in [9.17, 15) is 18.0 Å². The Kier molecular flexibility index (Phi) is 9.01. The van der Waals surface area contributed by atoms with E-state index in [1.165, 1.54) is 17.8 Å². The molecule has 2 aliphatic rings. The van der Waals surface area contributed by atoms with Gasteiger partial charge in [-0.1, -0.05) is 71.9 Å². The molecule has 1 aromatic heterocycles. The van der Waals surface area contributed by atoms with Crippen LogP contribution in [0.5, 0.6) is 0 Å². The van der Waals surface area contributed by atoms with Gasteiger partial charge in [0.1, 0.15) is 17.1 Å². The topological polar surface area (TPSA) is 141 Å². The zero-order valence-corrected chi connectivity index (χ0v) is 31.4. The minimum atomic E-state index is -4.44. The molecular weight excluding hydrogens is 631 g/mol. The van der Waals surface area contributed by atoms with Gasteiger partial charge in [0.15, 0.2) is 28.5 Å². The molecule has 2 aromatic rings. The van der Waals surface area contributed by atoms with Crippen LogP contribution in [0.2, 0.25) is 36.3 Å². The van der Waals surface area contributed by atoms with Crippen molar-refractivity contribution in [3.8, 4) is 0 Å². The fourth-order valence-corrected chi connectivity index (χ4v) is 9.05. The first-order valence-corrected chi connectivity index (χ1v) is 22.4. The van der Waals surface area contributed by atoms with Gasteiger partial charge in [0.25, 0.3) is 5.56 Å². The zero-order chi connectivity index (χ0) is 34.1. The van der Waals surface area contributed by atoms with E-state index in [0.29, 0.717) is 11.1 Å². The van der Waals surface area contributed by atoms with Crippen molar-refractivity contribution in [1.29, 1.82) is 0 Å². The lowest BCUT2D eigenvalue weighted by atomic mass is 9.87. The van der Waals surface area contributed by atoms with Gasteiger partial charge in [0.2, 0.25) is 0 Å². The number of hydrogen-bond donors (Lipinski definition) is 1. The third kappa shape index (κ3) is 5.98. The molecule has 14 heteroatoms. The van der Waals surface area contributed by atoms with E-state index in [4.69, 9.17) is 23.5 Å². The van der Waals surface area contributed by atoms with Crippen LogP contribution in [-0.4, -0.2) is 58.6 Å². The summed E-state index contributed by atoms with van der Waals surface area (Å²) in [5.41, 5.74) is 4.58. The predicted molar refractivity (Wildman–Crippen MR) is 180 cm³/mol. The molecule has 11 nitrogen and oxygen atoms in total. The standard InChI is InChI=1S/C31H49N3O8SSi2/c1-20-18-34(28(36)33(8)26(20)35)27-25(41-45(11,12)30(5,6)7)31(22(40-27)19-39-44(9,10)29(2,3)4)24(32)23(43(37,38)42-31)21-16-14-13-15-17-21/h13-18,22,25,27H,19,32H2,1-12H3/t22-,25+,27-,31+/m1/s1. The average molecular weight is 680 g/mol. The normalized spacial score (nSPS) is 25.8. The van der Waals surface area contributed by atoms with E-state index in [1.807, 2.05) is 13.1 Å². The first-order valence-electron chi connectivity index (χ1n) is 15.2. The zero-order valence-electron chi connectivity index (χ0n) is 28.5. The number of nitrogens with zero attached hydrogens (tertiary/aromatic N) is 2. The highest BCUT2D eigenvalue weighted by Gasteiger charge is 2.69. The van der Waals surface area contributed by atoms with Crippen molar-refractivity contribution < 1.29 is 26.2 Å². The van der Waals surface area contributed by atoms with E-state index in [0.717, 1.165) is 4.57 Å². The van der Waals surface area contributed by atoms with Crippen LogP contribution < -0.4 is 17.0 Å². The monoisotopic (exact) mass is 679 g/mol. The van der Waals surface area contributed by atoms with Crippen molar-refractivity contribution in [2.75, 3.05) is 6.61 Å². The van der Waals surface area contributed by atoms with Crippen LogP contribution in [0.3, 0.4) is 0 Å². The number of aromatic nitrogens is 2. The summed E-state index contributed by atoms with van der Waals surface area (Å²) < 4.78 is 56.8. The van der Waals surface area contributed by atoms with Crippen molar-refractivity contribution >= 4 is 31.7 Å². The summed E-state index contributed by atoms with van der Waals surface area (Å²) in [5, 5.41) is -0.489. The highest BCUT2D eigenvalue weighted by atomic mass is 32.2. The molecule has 1 saturated heterocycles. The van der Waals surface area contributed by atoms with Gasteiger partial charge in [-0.05, 0) is 48.8 Å². The summed E-state index contributed by atoms with van der Waals surface area (Å²) in [6.45, 7) is 22.2. The van der Waals surface area contributed by atoms with E-state index in [-0.39, 0.29) is 27.3 Å². The highest BCUT2D eigenvalue weighted by molar-refractivity contribution is 7.96. The SMILES string of the molecule is Cc1cn([C@@H]2O[C@H](CO[Si](C)(C)C(C)(C)C)[C@@]3(OS(=O)(=O)C(c4ccccc4)=C3N)[C@H]2O[Si](C)(C)C(C)(C)C)c(=O)n(C)c1=O. The Morgan fingerprint density at radius 3 is 2.07 bits per heavy atom. The summed E-state index contributed by atoms with van der Waals surface area (Å²) in [4.78, 5) is 26.2. The summed E-state index contributed by atoms with van der Waals surface area (Å²) in [7, 11) is -8.19. The number of rotatable bonds is 7. The molecule has 4 rings (SSSR count). The molecule has 4 atom stereocenters. The molecule has 250 valence electrons. The van der Waals surface area contributed by atoms with Crippen LogP contribution in [-0.2, 0) is 34.9 Å². The number of aryl methyl sites for hydroxylation is 1. The fourth-order valence-electron chi connectivity index (χ4n) is 5.17. The Balaban J connectivity index is 2.05. The van der Waals surface area contributed by atoms with Crippen molar-refractivity contribution in [3.63, 3.8) is 0 Å². The van der Waals surface area contributed by atoms with Gasteiger partial charge in [-0.2, -0.15) is 8.42 Å². The highest BCUT2D eigenvalue weighted by Crippen LogP contribution is 2.55. The molecule has 1 spiro atoms. The lowest BCUT2D eigenvalue weighted by Crippen LogP contribution is -2.59. The maximum atomic E-state index is 14.0. The largest absolute Gasteiger partial charge is 0.414 e. The van der Waals surface area contributed by atoms with Crippen molar-refractivity contribution in [2.24, 2.45) is 12.8 Å². The van der Waals surface area contributed by atoms with Crippen LogP contribution >= 0.6 is 0 Å². The van der Waals surface area contributed by atoms with Crippen LogP contribution in [0.1, 0.15) is 58.9 Å². The van der Waals surface area contributed by atoms with Gasteiger partial charge in [-0.15, -0.1) is 0 Å². The lowest BCUT2D eigenvalue weighted by molar-refractivity contribution is -0.0566. The minimum absolute atomic E-state index is 0.0673. The van der Waals surface area contributed by atoms with Crippen molar-refractivity contribution in [3.05, 3.63) is 74.2 Å². The van der Waals surface area contributed by atoms with Crippen LogP contribution in [0, 0.1) is 6.92 Å². The predicted octanol–water partition coefficient (Wildman–Crippen LogP) is 4.59. The fraction of sp³-hybridized carbons (Fsp3) is 0.613. The summed E-state index contributed by atoms with van der Waals surface area (Å²) in [5.74, 6) is 0. The Morgan fingerprint density at radius 2 is 1.53 bits per heavy atom. The molecule has 0 aliphatic carbocycles. The first kappa shape index (κ1) is 35.5. The molecule has 1 aromatic carbocycles. The van der Waals surface area contributed by atoms with Gasteiger partial charge < -0.3 is 19.3 Å².